The molecule has 1 aromatic rings. The van der Waals surface area contributed by atoms with Crippen LogP contribution in [0.4, 0.5) is 0 Å². The molecule has 0 radical (unpaired) electrons. The molecule has 0 fully saturated rings. The molecule has 0 aliphatic carbocycles. The van der Waals surface area contributed by atoms with Gasteiger partial charge < -0.3 is 4.74 Å². The highest BCUT2D eigenvalue weighted by Crippen LogP contribution is 2.01. The van der Waals surface area contributed by atoms with Crippen molar-refractivity contribution in [3.05, 3.63) is 42.2 Å². The molecule has 0 aromatic heterocycles. The van der Waals surface area contributed by atoms with Gasteiger partial charge in [-0.3, -0.25) is 0 Å². The maximum Gasteiger partial charge on any atom is 0.166 e. The second kappa shape index (κ2) is 5.49. The third-order valence-electron chi connectivity index (χ3n) is 1.55. The smallest absolute Gasteiger partial charge is 0.166 e. The summed E-state index contributed by atoms with van der Waals surface area (Å²) in [4.78, 5) is 0. The number of hydrogen-bond acceptors (Lipinski definition) is 2. The van der Waals surface area contributed by atoms with Gasteiger partial charge in [0.25, 0.3) is 0 Å². The Morgan fingerprint density at radius 3 is 2.69 bits per heavy atom. The number of hydrogen-bond donors (Lipinski definition) is 0. The van der Waals surface area contributed by atoms with Crippen molar-refractivity contribution in [1.82, 2.24) is 0 Å². The third kappa shape index (κ3) is 3.85. The lowest BCUT2D eigenvalue weighted by Gasteiger charge is -1.96. The van der Waals surface area contributed by atoms with Crippen LogP contribution in [0, 0.1) is 0 Å². The van der Waals surface area contributed by atoms with E-state index in [0.717, 1.165) is 12.0 Å². The van der Waals surface area contributed by atoms with Crippen molar-refractivity contribution < 1.29 is 4.74 Å². The summed E-state index contributed by atoms with van der Waals surface area (Å²) < 4.78 is 5.15. The van der Waals surface area contributed by atoms with Crippen molar-refractivity contribution in [2.75, 3.05) is 0 Å². The molecular weight excluding hydrogens is 180 g/mol. The standard InChI is InChI=1S/C11H12OS/c1-2-11(13)12-9-8-10-6-4-3-5-7-10/h3-9H,2H2,1H3. The molecule has 0 unspecified atom stereocenters. The van der Waals surface area contributed by atoms with Crippen LogP contribution >= 0.6 is 12.2 Å². The Labute approximate surface area is 84.0 Å². The molecule has 68 valence electrons. The van der Waals surface area contributed by atoms with Gasteiger partial charge in [0.1, 0.15) is 0 Å². The summed E-state index contributed by atoms with van der Waals surface area (Å²) in [6, 6.07) is 9.97. The molecule has 0 bridgehead atoms. The summed E-state index contributed by atoms with van der Waals surface area (Å²) in [5.74, 6) is 0. The molecule has 0 atom stereocenters. The van der Waals surface area contributed by atoms with E-state index in [4.69, 9.17) is 17.0 Å². The maximum atomic E-state index is 5.15. The maximum absolute atomic E-state index is 5.15. The van der Waals surface area contributed by atoms with E-state index >= 15 is 0 Å². The first kappa shape index (κ1) is 9.93. The normalized spacial score (nSPS) is 10.2. The minimum absolute atomic E-state index is 0.618. The van der Waals surface area contributed by atoms with E-state index in [2.05, 4.69) is 0 Å². The largest absolute Gasteiger partial charge is 0.458 e. The third-order valence-corrected chi connectivity index (χ3v) is 1.93. The van der Waals surface area contributed by atoms with E-state index in [9.17, 15) is 0 Å². The van der Waals surface area contributed by atoms with Crippen LogP contribution in [0.5, 0.6) is 0 Å². The second-order valence-corrected chi connectivity index (χ2v) is 3.01. The summed E-state index contributed by atoms with van der Waals surface area (Å²) in [6.45, 7) is 1.97. The van der Waals surface area contributed by atoms with Crippen molar-refractivity contribution in [1.29, 1.82) is 0 Å². The van der Waals surface area contributed by atoms with Crippen LogP contribution in [-0.2, 0) is 4.74 Å². The van der Waals surface area contributed by atoms with Gasteiger partial charge in [0.2, 0.25) is 0 Å². The second-order valence-electron chi connectivity index (χ2n) is 2.56. The van der Waals surface area contributed by atoms with Crippen LogP contribution in [0.3, 0.4) is 0 Å². The van der Waals surface area contributed by atoms with E-state index in [1.165, 1.54) is 0 Å². The minimum atomic E-state index is 0.618. The molecule has 13 heavy (non-hydrogen) atoms. The predicted molar refractivity (Wildman–Crippen MR) is 59.5 cm³/mol. The highest BCUT2D eigenvalue weighted by atomic mass is 32.1. The van der Waals surface area contributed by atoms with Gasteiger partial charge in [0.15, 0.2) is 5.05 Å². The van der Waals surface area contributed by atoms with Gasteiger partial charge in [-0.25, -0.2) is 0 Å². The summed E-state index contributed by atoms with van der Waals surface area (Å²) in [6.07, 6.45) is 4.29. The van der Waals surface area contributed by atoms with Crippen LogP contribution < -0.4 is 0 Å². The van der Waals surface area contributed by atoms with Crippen LogP contribution in [0.25, 0.3) is 6.08 Å². The Kier molecular flexibility index (Phi) is 4.19. The lowest BCUT2D eigenvalue weighted by atomic mass is 10.2. The Bertz CT molecular complexity index is 290. The molecule has 0 spiro atoms. The fourth-order valence-electron chi connectivity index (χ4n) is 0.836. The average molecular weight is 192 g/mol. The topological polar surface area (TPSA) is 9.23 Å². The highest BCUT2D eigenvalue weighted by molar-refractivity contribution is 7.80. The van der Waals surface area contributed by atoms with Crippen molar-refractivity contribution in [3.63, 3.8) is 0 Å². The number of ether oxygens (including phenoxy) is 1. The first-order chi connectivity index (χ1) is 6.33. The molecule has 2 heteroatoms. The summed E-state index contributed by atoms with van der Waals surface area (Å²) >= 11 is 4.90. The lowest BCUT2D eigenvalue weighted by Crippen LogP contribution is -1.91. The number of rotatable bonds is 3. The summed E-state index contributed by atoms with van der Waals surface area (Å²) in [5.41, 5.74) is 1.11. The Hall–Kier alpha value is -1.15. The van der Waals surface area contributed by atoms with E-state index in [-0.39, 0.29) is 0 Å². The number of benzene rings is 1. The fraction of sp³-hybridized carbons (Fsp3) is 0.182. The molecule has 1 aromatic carbocycles. The van der Waals surface area contributed by atoms with E-state index in [1.54, 1.807) is 6.26 Å². The van der Waals surface area contributed by atoms with Gasteiger partial charge in [-0.15, -0.1) is 0 Å². The zero-order valence-corrected chi connectivity index (χ0v) is 8.38. The molecule has 0 amide bonds. The van der Waals surface area contributed by atoms with Gasteiger partial charge in [-0.2, -0.15) is 0 Å². The number of thiocarbonyl (C=S) groups is 1. The van der Waals surface area contributed by atoms with Crippen molar-refractivity contribution in [2.45, 2.75) is 13.3 Å². The molecule has 0 saturated heterocycles. The SMILES string of the molecule is CCC(=S)OC=Cc1ccccc1. The molecule has 1 rings (SSSR count). The quantitative estimate of drug-likeness (QED) is 0.536. The first-order valence-corrected chi connectivity index (χ1v) is 4.65. The monoisotopic (exact) mass is 192 g/mol. The molecule has 1 nitrogen and oxygen atoms in total. The summed E-state index contributed by atoms with van der Waals surface area (Å²) in [7, 11) is 0. The minimum Gasteiger partial charge on any atom is -0.458 e. The molecule has 0 heterocycles. The van der Waals surface area contributed by atoms with Crippen LogP contribution in [0.2, 0.25) is 0 Å². The average Bonchev–Trinajstić information content (AvgIpc) is 2.19. The van der Waals surface area contributed by atoms with Crippen LogP contribution in [0.15, 0.2) is 36.6 Å². The van der Waals surface area contributed by atoms with E-state index in [1.807, 2.05) is 43.3 Å². The van der Waals surface area contributed by atoms with E-state index < -0.39 is 0 Å². The Morgan fingerprint density at radius 1 is 1.38 bits per heavy atom. The van der Waals surface area contributed by atoms with Crippen molar-refractivity contribution >= 4 is 23.3 Å². The Morgan fingerprint density at radius 2 is 2.08 bits per heavy atom. The van der Waals surface area contributed by atoms with Gasteiger partial charge in [-0.1, -0.05) is 37.3 Å². The van der Waals surface area contributed by atoms with Gasteiger partial charge >= 0.3 is 0 Å². The van der Waals surface area contributed by atoms with E-state index in [0.29, 0.717) is 5.05 Å². The van der Waals surface area contributed by atoms with Crippen molar-refractivity contribution in [2.24, 2.45) is 0 Å². The molecular formula is C11H12OS. The van der Waals surface area contributed by atoms with Gasteiger partial charge in [-0.05, 0) is 23.9 Å². The molecule has 0 saturated carbocycles. The van der Waals surface area contributed by atoms with Crippen LogP contribution in [0.1, 0.15) is 18.9 Å². The van der Waals surface area contributed by atoms with Gasteiger partial charge in [0.05, 0.1) is 6.26 Å². The van der Waals surface area contributed by atoms with Gasteiger partial charge in [0, 0.05) is 6.42 Å². The zero-order chi connectivity index (χ0) is 9.52. The highest BCUT2D eigenvalue weighted by Gasteiger charge is 1.87. The fourth-order valence-corrected chi connectivity index (χ4v) is 0.892. The first-order valence-electron chi connectivity index (χ1n) is 4.24. The van der Waals surface area contributed by atoms with Crippen LogP contribution in [-0.4, -0.2) is 5.05 Å². The van der Waals surface area contributed by atoms with Crippen molar-refractivity contribution in [3.8, 4) is 0 Å². The lowest BCUT2D eigenvalue weighted by molar-refractivity contribution is 0.477. The Balaban J connectivity index is 2.45. The predicted octanol–water partition coefficient (Wildman–Crippen LogP) is 3.41. The summed E-state index contributed by atoms with van der Waals surface area (Å²) in [5, 5.41) is 0.618. The molecule has 0 aliphatic heterocycles. The molecule has 0 N–H and O–H groups in total. The zero-order valence-electron chi connectivity index (χ0n) is 7.57. The molecule has 0 aliphatic rings.